The van der Waals surface area contributed by atoms with E-state index in [4.69, 9.17) is 0 Å². The van der Waals surface area contributed by atoms with Gasteiger partial charge in [0.2, 0.25) is 0 Å². The van der Waals surface area contributed by atoms with Crippen molar-refractivity contribution in [3.05, 3.63) is 53.3 Å². The molecule has 0 atom stereocenters. The molecule has 1 saturated heterocycles. The van der Waals surface area contributed by atoms with Crippen LogP contribution in [-0.2, 0) is 13.6 Å². The molecule has 5 nitrogen and oxygen atoms in total. The molecular formula is C20H28N4O. The molecule has 1 amide bonds. The molecule has 0 bridgehead atoms. The average Bonchev–Trinajstić information content (AvgIpc) is 2.96. The number of hydrogen-bond acceptors (Lipinski definition) is 3. The molecule has 25 heavy (non-hydrogen) atoms. The summed E-state index contributed by atoms with van der Waals surface area (Å²) in [5.74, 6) is 0.598. The van der Waals surface area contributed by atoms with Gasteiger partial charge in [0.05, 0.1) is 0 Å². The van der Waals surface area contributed by atoms with E-state index in [1.807, 2.05) is 32.0 Å². The summed E-state index contributed by atoms with van der Waals surface area (Å²) >= 11 is 0. The summed E-state index contributed by atoms with van der Waals surface area (Å²) in [6, 6.07) is 12.5. The Bertz CT molecular complexity index is 682. The number of carbonyl (C=O) groups excluding carboxylic acids is 1. The number of nitrogens with zero attached hydrogens (tertiary/aromatic N) is 4. The molecule has 5 heteroatoms. The zero-order chi connectivity index (χ0) is 17.8. The third-order valence-electron chi connectivity index (χ3n) is 5.17. The fourth-order valence-corrected chi connectivity index (χ4v) is 3.50. The van der Waals surface area contributed by atoms with E-state index in [-0.39, 0.29) is 5.91 Å². The van der Waals surface area contributed by atoms with Crippen molar-refractivity contribution >= 4 is 5.91 Å². The molecule has 2 heterocycles. The van der Waals surface area contributed by atoms with E-state index in [1.54, 1.807) is 4.68 Å². The van der Waals surface area contributed by atoms with Gasteiger partial charge in [0.15, 0.2) is 5.69 Å². The van der Waals surface area contributed by atoms with Crippen LogP contribution in [0.2, 0.25) is 0 Å². The molecule has 1 fully saturated rings. The van der Waals surface area contributed by atoms with Gasteiger partial charge in [-0.3, -0.25) is 14.4 Å². The highest BCUT2D eigenvalue weighted by Gasteiger charge is 2.23. The lowest BCUT2D eigenvalue weighted by Gasteiger charge is -2.33. The van der Waals surface area contributed by atoms with Crippen LogP contribution in [0, 0.1) is 12.8 Å². The van der Waals surface area contributed by atoms with Gasteiger partial charge < -0.3 is 4.90 Å². The Kier molecular flexibility index (Phi) is 5.53. The fourth-order valence-electron chi connectivity index (χ4n) is 3.50. The summed E-state index contributed by atoms with van der Waals surface area (Å²) in [7, 11) is 3.76. The van der Waals surface area contributed by atoms with Crippen LogP contribution in [0.3, 0.4) is 0 Å². The zero-order valence-electron chi connectivity index (χ0n) is 15.5. The van der Waals surface area contributed by atoms with Crippen molar-refractivity contribution in [3.63, 3.8) is 0 Å². The predicted octanol–water partition coefficient (Wildman–Crippen LogP) is 2.71. The van der Waals surface area contributed by atoms with Crippen molar-refractivity contribution < 1.29 is 4.79 Å². The topological polar surface area (TPSA) is 41.4 Å². The largest absolute Gasteiger partial charge is 0.340 e. The minimum absolute atomic E-state index is 0.0235. The first kappa shape index (κ1) is 17.7. The van der Waals surface area contributed by atoms with Gasteiger partial charge in [0, 0.05) is 32.9 Å². The first-order chi connectivity index (χ1) is 12.0. The van der Waals surface area contributed by atoms with Crippen LogP contribution < -0.4 is 0 Å². The molecule has 0 aliphatic carbocycles. The lowest BCUT2D eigenvalue weighted by molar-refractivity contribution is 0.0731. The van der Waals surface area contributed by atoms with Gasteiger partial charge in [-0.15, -0.1) is 0 Å². The zero-order valence-corrected chi connectivity index (χ0v) is 15.5. The second-order valence-electron chi connectivity index (χ2n) is 7.19. The number of aryl methyl sites for hydroxylation is 2. The Morgan fingerprint density at radius 1 is 1.24 bits per heavy atom. The highest BCUT2D eigenvalue weighted by Crippen LogP contribution is 2.20. The molecule has 0 unspecified atom stereocenters. The summed E-state index contributed by atoms with van der Waals surface area (Å²) in [6.07, 6.45) is 2.29. The predicted molar refractivity (Wildman–Crippen MR) is 99.3 cm³/mol. The summed E-state index contributed by atoms with van der Waals surface area (Å²) in [6.45, 7) is 6.00. The van der Waals surface area contributed by atoms with Crippen LogP contribution in [0.15, 0.2) is 36.4 Å². The molecule has 0 N–H and O–H groups in total. The third-order valence-corrected chi connectivity index (χ3v) is 5.17. The van der Waals surface area contributed by atoms with E-state index in [9.17, 15) is 4.79 Å². The molecular weight excluding hydrogens is 312 g/mol. The number of benzene rings is 1. The van der Waals surface area contributed by atoms with Gasteiger partial charge in [0.1, 0.15) is 0 Å². The van der Waals surface area contributed by atoms with E-state index in [0.29, 0.717) is 11.6 Å². The van der Waals surface area contributed by atoms with E-state index in [2.05, 4.69) is 40.3 Å². The Hall–Kier alpha value is -2.14. The van der Waals surface area contributed by atoms with Gasteiger partial charge in [-0.25, -0.2) is 0 Å². The summed E-state index contributed by atoms with van der Waals surface area (Å²) in [5.41, 5.74) is 2.92. The normalized spacial score (nSPS) is 16.1. The number of amides is 1. The minimum Gasteiger partial charge on any atom is -0.340 e. The molecule has 134 valence electrons. The number of rotatable bonds is 5. The number of hydrogen-bond donors (Lipinski definition) is 0. The van der Waals surface area contributed by atoms with Crippen LogP contribution in [-0.4, -0.2) is 52.2 Å². The Balaban J connectivity index is 1.47. The second-order valence-corrected chi connectivity index (χ2v) is 7.19. The number of piperidine rings is 1. The Labute approximate surface area is 150 Å². The van der Waals surface area contributed by atoms with E-state index < -0.39 is 0 Å². The summed E-state index contributed by atoms with van der Waals surface area (Å²) in [4.78, 5) is 16.9. The Morgan fingerprint density at radius 3 is 2.52 bits per heavy atom. The molecule has 1 aromatic heterocycles. The monoisotopic (exact) mass is 340 g/mol. The van der Waals surface area contributed by atoms with Crippen molar-refractivity contribution in [1.82, 2.24) is 19.6 Å². The van der Waals surface area contributed by atoms with Gasteiger partial charge in [-0.2, -0.15) is 5.10 Å². The summed E-state index contributed by atoms with van der Waals surface area (Å²) in [5, 5.41) is 4.30. The van der Waals surface area contributed by atoms with Gasteiger partial charge in [-0.1, -0.05) is 30.3 Å². The first-order valence-electron chi connectivity index (χ1n) is 9.05. The van der Waals surface area contributed by atoms with Gasteiger partial charge in [0.25, 0.3) is 5.91 Å². The van der Waals surface area contributed by atoms with Crippen LogP contribution in [0.4, 0.5) is 0 Å². The lowest BCUT2D eigenvalue weighted by atomic mass is 9.96. The second kappa shape index (κ2) is 7.83. The molecule has 2 aromatic rings. The van der Waals surface area contributed by atoms with Crippen LogP contribution >= 0.6 is 0 Å². The van der Waals surface area contributed by atoms with E-state index >= 15 is 0 Å². The maximum Gasteiger partial charge on any atom is 0.274 e. The molecule has 1 aliphatic rings. The highest BCUT2D eigenvalue weighted by atomic mass is 16.2. The smallest absolute Gasteiger partial charge is 0.274 e. The van der Waals surface area contributed by atoms with E-state index in [1.165, 1.54) is 5.56 Å². The third kappa shape index (κ3) is 4.48. The van der Waals surface area contributed by atoms with Crippen molar-refractivity contribution in [2.45, 2.75) is 26.3 Å². The molecule has 1 aromatic carbocycles. The van der Waals surface area contributed by atoms with Crippen molar-refractivity contribution in [3.8, 4) is 0 Å². The van der Waals surface area contributed by atoms with Crippen LogP contribution in [0.5, 0.6) is 0 Å². The molecule has 0 saturated carbocycles. The maximum absolute atomic E-state index is 12.5. The van der Waals surface area contributed by atoms with Gasteiger partial charge >= 0.3 is 0 Å². The van der Waals surface area contributed by atoms with Crippen molar-refractivity contribution in [2.24, 2.45) is 13.0 Å². The fraction of sp³-hybridized carbons (Fsp3) is 0.500. The van der Waals surface area contributed by atoms with Crippen molar-refractivity contribution in [2.75, 3.05) is 26.7 Å². The quantitative estimate of drug-likeness (QED) is 0.840. The van der Waals surface area contributed by atoms with Crippen LogP contribution in [0.1, 0.15) is 34.6 Å². The maximum atomic E-state index is 12.5. The Morgan fingerprint density at radius 2 is 1.92 bits per heavy atom. The number of carbonyl (C=O) groups is 1. The number of likely N-dealkylation sites (tertiary alicyclic amines) is 1. The number of aromatic nitrogens is 2. The standard InChI is InChI=1S/C20H28N4O/c1-16-13-19(21-23(16)3)20(25)22(2)14-18-9-11-24(12-10-18)15-17-7-5-4-6-8-17/h4-8,13,18H,9-12,14-15H2,1-3H3. The molecule has 0 radical (unpaired) electrons. The van der Waals surface area contributed by atoms with Crippen LogP contribution in [0.25, 0.3) is 0 Å². The molecule has 0 spiro atoms. The first-order valence-corrected chi connectivity index (χ1v) is 9.05. The average molecular weight is 340 g/mol. The lowest BCUT2D eigenvalue weighted by Crippen LogP contribution is -2.39. The summed E-state index contributed by atoms with van der Waals surface area (Å²) < 4.78 is 1.75. The van der Waals surface area contributed by atoms with Gasteiger partial charge in [-0.05, 0) is 50.4 Å². The minimum atomic E-state index is 0.0235. The highest BCUT2D eigenvalue weighted by molar-refractivity contribution is 5.92. The molecule has 1 aliphatic heterocycles. The van der Waals surface area contributed by atoms with Crippen molar-refractivity contribution in [1.29, 1.82) is 0 Å². The molecule has 3 rings (SSSR count). The van der Waals surface area contributed by atoms with E-state index in [0.717, 1.165) is 44.7 Å². The SMILES string of the molecule is Cc1cc(C(=O)N(C)CC2CCN(Cc3ccccc3)CC2)nn1C.